The van der Waals surface area contributed by atoms with Crippen LogP contribution in [0.4, 0.5) is 21.5 Å². The number of nitrogens with zero attached hydrogens (tertiary/aromatic N) is 5. The monoisotopic (exact) mass is 446 g/mol. The third-order valence-corrected chi connectivity index (χ3v) is 5.49. The van der Waals surface area contributed by atoms with Gasteiger partial charge in [-0.1, -0.05) is 42.1 Å². The van der Waals surface area contributed by atoms with Crippen LogP contribution in [-0.4, -0.2) is 26.4 Å². The molecule has 0 bridgehead atoms. The molecule has 0 saturated carbocycles. The molecule has 1 aromatic heterocycles. The van der Waals surface area contributed by atoms with Crippen LogP contribution in [0.15, 0.2) is 94.2 Å². The molecule has 1 amide bonds. The van der Waals surface area contributed by atoms with Crippen molar-refractivity contribution in [2.75, 3.05) is 11.1 Å². The number of thioether (sulfide) groups is 1. The lowest BCUT2D eigenvalue weighted by Gasteiger charge is -2.06. The molecule has 4 rings (SSSR count). The second kappa shape index (κ2) is 9.97. The Balaban J connectivity index is 1.33. The number of rotatable bonds is 7. The van der Waals surface area contributed by atoms with E-state index in [9.17, 15) is 9.18 Å². The molecule has 160 valence electrons. The van der Waals surface area contributed by atoms with E-state index < -0.39 is 0 Å². The van der Waals surface area contributed by atoms with Gasteiger partial charge >= 0.3 is 0 Å². The fourth-order valence-electron chi connectivity index (χ4n) is 2.87. The first-order valence-corrected chi connectivity index (χ1v) is 10.7. The summed E-state index contributed by atoms with van der Waals surface area (Å²) >= 11 is 1.23. The number of benzene rings is 3. The average Bonchev–Trinajstić information content (AvgIpc) is 3.18. The SMILES string of the molecule is Cn1c(SCC(=O)Nc2ccc(N=Nc3ccccc3)cc2)nnc1-c1ccccc1F. The van der Waals surface area contributed by atoms with Crippen molar-refractivity contribution < 1.29 is 9.18 Å². The van der Waals surface area contributed by atoms with Crippen LogP contribution in [0.5, 0.6) is 0 Å². The number of nitrogens with one attached hydrogen (secondary N) is 1. The fraction of sp³-hybridized carbons (Fsp3) is 0.0870. The topological polar surface area (TPSA) is 84.5 Å². The summed E-state index contributed by atoms with van der Waals surface area (Å²) in [6, 6.07) is 22.9. The molecule has 0 radical (unpaired) electrons. The maximum atomic E-state index is 14.0. The molecule has 0 unspecified atom stereocenters. The summed E-state index contributed by atoms with van der Waals surface area (Å²) in [5.74, 6) is -0.0157. The van der Waals surface area contributed by atoms with Gasteiger partial charge in [0, 0.05) is 12.7 Å². The minimum absolute atomic E-state index is 0.138. The Hall–Kier alpha value is -3.85. The molecule has 9 heteroatoms. The number of azo groups is 1. The quantitative estimate of drug-likeness (QED) is 0.289. The lowest BCUT2D eigenvalue weighted by Crippen LogP contribution is -2.14. The Morgan fingerprint density at radius 2 is 1.59 bits per heavy atom. The highest BCUT2D eigenvalue weighted by molar-refractivity contribution is 7.99. The van der Waals surface area contributed by atoms with Gasteiger partial charge in [-0.25, -0.2) is 4.39 Å². The Bertz CT molecular complexity index is 1240. The highest BCUT2D eigenvalue weighted by Crippen LogP contribution is 2.25. The standard InChI is InChI=1S/C23H19FN6OS/c1-30-22(19-9-5-6-10-20(19)24)28-29-23(30)32-15-21(31)25-16-11-13-18(14-12-16)27-26-17-7-3-2-4-8-17/h2-14H,15H2,1H3,(H,25,31). The highest BCUT2D eigenvalue weighted by atomic mass is 32.2. The van der Waals surface area contributed by atoms with Crippen LogP contribution in [0.1, 0.15) is 0 Å². The van der Waals surface area contributed by atoms with Crippen molar-refractivity contribution in [3.63, 3.8) is 0 Å². The van der Waals surface area contributed by atoms with Crippen molar-refractivity contribution in [1.82, 2.24) is 14.8 Å². The minimum atomic E-state index is -0.371. The maximum Gasteiger partial charge on any atom is 0.234 e. The van der Waals surface area contributed by atoms with Crippen LogP contribution in [-0.2, 0) is 11.8 Å². The zero-order valence-electron chi connectivity index (χ0n) is 17.1. The van der Waals surface area contributed by atoms with E-state index in [-0.39, 0.29) is 17.5 Å². The number of carbonyl (C=O) groups excluding carboxylic acids is 1. The lowest BCUT2D eigenvalue weighted by atomic mass is 10.2. The third kappa shape index (κ3) is 5.25. The molecule has 0 aliphatic carbocycles. The number of aromatic nitrogens is 3. The summed E-state index contributed by atoms with van der Waals surface area (Å²) in [7, 11) is 1.74. The van der Waals surface area contributed by atoms with Crippen LogP contribution >= 0.6 is 11.8 Å². The number of hydrogen-bond donors (Lipinski definition) is 1. The second-order valence-electron chi connectivity index (χ2n) is 6.76. The van der Waals surface area contributed by atoms with Gasteiger partial charge in [-0.15, -0.1) is 10.2 Å². The molecule has 7 nitrogen and oxygen atoms in total. The number of hydrogen-bond acceptors (Lipinski definition) is 6. The second-order valence-corrected chi connectivity index (χ2v) is 7.71. The van der Waals surface area contributed by atoms with Crippen LogP contribution in [0.3, 0.4) is 0 Å². The van der Waals surface area contributed by atoms with Gasteiger partial charge in [0.25, 0.3) is 0 Å². The fourth-order valence-corrected chi connectivity index (χ4v) is 3.58. The van der Waals surface area contributed by atoms with E-state index in [1.165, 1.54) is 17.8 Å². The summed E-state index contributed by atoms with van der Waals surface area (Å²) in [6.45, 7) is 0. The van der Waals surface area contributed by atoms with E-state index in [1.807, 2.05) is 30.3 Å². The molecule has 0 aliphatic heterocycles. The summed E-state index contributed by atoms with van der Waals surface area (Å²) in [5, 5.41) is 19.8. The zero-order chi connectivity index (χ0) is 22.3. The Kier molecular flexibility index (Phi) is 6.66. The van der Waals surface area contributed by atoms with Gasteiger partial charge in [-0.05, 0) is 48.5 Å². The summed E-state index contributed by atoms with van der Waals surface area (Å²) in [5.41, 5.74) is 2.47. The van der Waals surface area contributed by atoms with Crippen LogP contribution in [0.2, 0.25) is 0 Å². The largest absolute Gasteiger partial charge is 0.325 e. The predicted octanol–water partition coefficient (Wildman–Crippen LogP) is 5.77. The summed E-state index contributed by atoms with van der Waals surface area (Å²) < 4.78 is 15.7. The van der Waals surface area contributed by atoms with Gasteiger partial charge in [0.05, 0.1) is 22.7 Å². The minimum Gasteiger partial charge on any atom is -0.325 e. The molecule has 1 N–H and O–H groups in total. The molecule has 0 saturated heterocycles. The van der Waals surface area contributed by atoms with Crippen molar-refractivity contribution in [3.05, 3.63) is 84.7 Å². The molecular weight excluding hydrogens is 427 g/mol. The van der Waals surface area contributed by atoms with E-state index in [0.29, 0.717) is 27.9 Å². The molecule has 3 aromatic carbocycles. The van der Waals surface area contributed by atoms with Crippen molar-refractivity contribution in [2.45, 2.75) is 5.16 Å². The van der Waals surface area contributed by atoms with Gasteiger partial charge in [0.1, 0.15) is 5.82 Å². The Labute approximate surface area is 188 Å². The van der Waals surface area contributed by atoms with Crippen molar-refractivity contribution in [1.29, 1.82) is 0 Å². The molecule has 32 heavy (non-hydrogen) atoms. The summed E-state index contributed by atoms with van der Waals surface area (Å²) in [4.78, 5) is 12.3. The number of carbonyl (C=O) groups is 1. The van der Waals surface area contributed by atoms with E-state index in [4.69, 9.17) is 0 Å². The van der Waals surface area contributed by atoms with Gasteiger partial charge in [-0.2, -0.15) is 10.2 Å². The first-order chi connectivity index (χ1) is 15.6. The van der Waals surface area contributed by atoms with E-state index >= 15 is 0 Å². The predicted molar refractivity (Wildman–Crippen MR) is 123 cm³/mol. The average molecular weight is 447 g/mol. The van der Waals surface area contributed by atoms with Crippen LogP contribution in [0, 0.1) is 5.82 Å². The van der Waals surface area contributed by atoms with E-state index in [0.717, 1.165) is 5.69 Å². The van der Waals surface area contributed by atoms with Crippen molar-refractivity contribution >= 4 is 34.7 Å². The highest BCUT2D eigenvalue weighted by Gasteiger charge is 2.15. The molecular formula is C23H19FN6OS. The Morgan fingerprint density at radius 3 is 2.31 bits per heavy atom. The number of halogens is 1. The number of anilines is 1. The van der Waals surface area contributed by atoms with Gasteiger partial charge < -0.3 is 9.88 Å². The number of amides is 1. The molecule has 1 heterocycles. The van der Waals surface area contributed by atoms with Crippen LogP contribution in [0.25, 0.3) is 11.4 Å². The smallest absolute Gasteiger partial charge is 0.234 e. The van der Waals surface area contributed by atoms with Crippen molar-refractivity contribution in [2.24, 2.45) is 17.3 Å². The van der Waals surface area contributed by atoms with Gasteiger partial charge in [0.15, 0.2) is 11.0 Å². The molecule has 0 atom stereocenters. The lowest BCUT2D eigenvalue weighted by molar-refractivity contribution is -0.113. The van der Waals surface area contributed by atoms with E-state index in [1.54, 1.807) is 54.1 Å². The van der Waals surface area contributed by atoms with Gasteiger partial charge in [-0.3, -0.25) is 4.79 Å². The molecule has 0 fully saturated rings. The van der Waals surface area contributed by atoms with Gasteiger partial charge in [0.2, 0.25) is 5.91 Å². The molecule has 0 spiro atoms. The van der Waals surface area contributed by atoms with E-state index in [2.05, 4.69) is 25.7 Å². The molecule has 4 aromatic rings. The first kappa shape index (κ1) is 21.4. The maximum absolute atomic E-state index is 14.0. The summed E-state index contributed by atoms with van der Waals surface area (Å²) in [6.07, 6.45) is 0. The van der Waals surface area contributed by atoms with Crippen molar-refractivity contribution in [3.8, 4) is 11.4 Å². The Morgan fingerprint density at radius 1 is 0.938 bits per heavy atom. The normalized spacial score (nSPS) is 11.1. The molecule has 0 aliphatic rings. The first-order valence-electron chi connectivity index (χ1n) is 9.74. The van der Waals surface area contributed by atoms with Crippen LogP contribution < -0.4 is 5.32 Å². The third-order valence-electron chi connectivity index (χ3n) is 4.47. The zero-order valence-corrected chi connectivity index (χ0v) is 18.0.